The maximum Gasteiger partial charge on any atom is 0.227 e. The van der Waals surface area contributed by atoms with E-state index in [2.05, 4.69) is 26.0 Å². The fourth-order valence-corrected chi connectivity index (χ4v) is 2.83. The van der Waals surface area contributed by atoms with Gasteiger partial charge in [0.25, 0.3) is 0 Å². The van der Waals surface area contributed by atoms with E-state index in [1.54, 1.807) is 4.90 Å². The lowest BCUT2D eigenvalue weighted by molar-refractivity contribution is -0.117. The summed E-state index contributed by atoms with van der Waals surface area (Å²) in [5.41, 5.74) is 10.3. The van der Waals surface area contributed by atoms with Crippen LogP contribution in [0.15, 0.2) is 27.8 Å². The van der Waals surface area contributed by atoms with Crippen LogP contribution in [0.2, 0.25) is 0 Å². The molecule has 1 atom stereocenters. The first-order valence-electron chi connectivity index (χ1n) is 5.69. The lowest BCUT2D eigenvalue weighted by Gasteiger charge is -2.18. The average Bonchev–Trinajstić information content (AvgIpc) is 2.68. The summed E-state index contributed by atoms with van der Waals surface area (Å²) in [4.78, 5) is 16.4. The number of amides is 1. The second-order valence-corrected chi connectivity index (χ2v) is 5.30. The van der Waals surface area contributed by atoms with Crippen LogP contribution >= 0.6 is 15.9 Å². The first-order valence-corrected chi connectivity index (χ1v) is 6.48. The van der Waals surface area contributed by atoms with E-state index in [4.69, 9.17) is 5.53 Å². The highest BCUT2D eigenvalue weighted by atomic mass is 79.9. The summed E-state index contributed by atoms with van der Waals surface area (Å²) in [6, 6.07) is 5.91. The highest BCUT2D eigenvalue weighted by Crippen LogP contribution is 2.32. The standard InChI is InChI=1S/C12H13BrN4O/c1-8-2-3-11(10(13)4-8)17-7-9(5-12(17)18)6-15-16-14/h2-4,9H,5-7H2,1H3. The van der Waals surface area contributed by atoms with Crippen molar-refractivity contribution in [3.63, 3.8) is 0 Å². The Morgan fingerprint density at radius 1 is 1.61 bits per heavy atom. The monoisotopic (exact) mass is 308 g/mol. The number of azide groups is 1. The van der Waals surface area contributed by atoms with Crippen LogP contribution in [0.5, 0.6) is 0 Å². The summed E-state index contributed by atoms with van der Waals surface area (Å²) in [5.74, 6) is 0.194. The van der Waals surface area contributed by atoms with Gasteiger partial charge in [-0.3, -0.25) is 4.79 Å². The zero-order valence-electron chi connectivity index (χ0n) is 10.0. The molecule has 1 unspecified atom stereocenters. The first-order chi connectivity index (χ1) is 8.61. The van der Waals surface area contributed by atoms with Gasteiger partial charge in [-0.15, -0.1) is 0 Å². The molecule has 0 saturated carbocycles. The number of hydrogen-bond donors (Lipinski definition) is 0. The van der Waals surface area contributed by atoms with Crippen molar-refractivity contribution in [2.24, 2.45) is 11.0 Å². The Morgan fingerprint density at radius 3 is 3.06 bits per heavy atom. The van der Waals surface area contributed by atoms with Crippen LogP contribution in [0.4, 0.5) is 5.69 Å². The van der Waals surface area contributed by atoms with Crippen molar-refractivity contribution < 1.29 is 4.79 Å². The Bertz CT molecular complexity index is 525. The van der Waals surface area contributed by atoms with Crippen LogP contribution in [0, 0.1) is 12.8 Å². The van der Waals surface area contributed by atoms with Crippen molar-refractivity contribution in [3.8, 4) is 0 Å². The summed E-state index contributed by atoms with van der Waals surface area (Å²) < 4.78 is 0.917. The molecule has 1 aromatic rings. The molecule has 1 heterocycles. The lowest BCUT2D eigenvalue weighted by atomic mass is 10.1. The summed E-state index contributed by atoms with van der Waals surface area (Å²) in [6.45, 7) is 2.99. The number of halogens is 1. The van der Waals surface area contributed by atoms with Crippen LogP contribution in [0.3, 0.4) is 0 Å². The number of carbonyl (C=O) groups is 1. The molecule has 6 heteroatoms. The number of hydrogen-bond acceptors (Lipinski definition) is 2. The van der Waals surface area contributed by atoms with E-state index in [1.165, 1.54) is 0 Å². The molecule has 0 spiro atoms. The topological polar surface area (TPSA) is 69.1 Å². The van der Waals surface area contributed by atoms with Crippen molar-refractivity contribution in [2.75, 3.05) is 18.0 Å². The average molecular weight is 309 g/mol. The van der Waals surface area contributed by atoms with Gasteiger partial charge in [0, 0.05) is 28.9 Å². The largest absolute Gasteiger partial charge is 0.311 e. The zero-order chi connectivity index (χ0) is 13.1. The van der Waals surface area contributed by atoms with Crippen LogP contribution in [0.25, 0.3) is 10.4 Å². The maximum absolute atomic E-state index is 12.0. The number of aryl methyl sites for hydroxylation is 1. The van der Waals surface area contributed by atoms with Crippen molar-refractivity contribution in [1.82, 2.24) is 0 Å². The van der Waals surface area contributed by atoms with Gasteiger partial charge in [0.2, 0.25) is 5.91 Å². The molecule has 94 valence electrons. The van der Waals surface area contributed by atoms with E-state index in [9.17, 15) is 4.79 Å². The molecular formula is C12H13BrN4O. The Labute approximate surface area is 114 Å². The van der Waals surface area contributed by atoms with Gasteiger partial charge < -0.3 is 4.90 Å². The summed E-state index contributed by atoms with van der Waals surface area (Å²) in [6.07, 6.45) is 0.444. The van der Waals surface area contributed by atoms with Crippen LogP contribution in [-0.2, 0) is 4.79 Å². The molecule has 2 rings (SSSR count). The third kappa shape index (κ3) is 2.66. The first kappa shape index (κ1) is 12.9. The molecule has 1 aliphatic rings. The van der Waals surface area contributed by atoms with Gasteiger partial charge in [-0.05, 0) is 52.0 Å². The van der Waals surface area contributed by atoms with E-state index >= 15 is 0 Å². The highest BCUT2D eigenvalue weighted by molar-refractivity contribution is 9.10. The quantitative estimate of drug-likeness (QED) is 0.479. The molecule has 18 heavy (non-hydrogen) atoms. The maximum atomic E-state index is 12.0. The molecular weight excluding hydrogens is 296 g/mol. The van der Waals surface area contributed by atoms with Crippen LogP contribution < -0.4 is 4.90 Å². The van der Waals surface area contributed by atoms with E-state index in [0.717, 1.165) is 15.7 Å². The summed E-state index contributed by atoms with van der Waals surface area (Å²) >= 11 is 3.48. The van der Waals surface area contributed by atoms with E-state index < -0.39 is 0 Å². The molecule has 0 aliphatic carbocycles. The number of rotatable bonds is 3. The van der Waals surface area contributed by atoms with Crippen molar-refractivity contribution in [3.05, 3.63) is 38.7 Å². The third-order valence-corrected chi connectivity index (χ3v) is 3.64. The molecule has 1 saturated heterocycles. The molecule has 0 bridgehead atoms. The van der Waals surface area contributed by atoms with Crippen molar-refractivity contribution in [2.45, 2.75) is 13.3 Å². The van der Waals surface area contributed by atoms with Gasteiger partial charge in [0.1, 0.15) is 0 Å². The Balaban J connectivity index is 2.18. The third-order valence-electron chi connectivity index (χ3n) is 3.00. The van der Waals surface area contributed by atoms with Gasteiger partial charge >= 0.3 is 0 Å². The molecule has 1 amide bonds. The molecule has 1 fully saturated rings. The highest BCUT2D eigenvalue weighted by Gasteiger charge is 2.30. The number of anilines is 1. The Kier molecular flexibility index (Phi) is 3.89. The van der Waals surface area contributed by atoms with E-state index in [0.29, 0.717) is 19.5 Å². The zero-order valence-corrected chi connectivity index (χ0v) is 11.6. The molecule has 0 radical (unpaired) electrons. The second-order valence-electron chi connectivity index (χ2n) is 4.44. The number of nitrogens with zero attached hydrogens (tertiary/aromatic N) is 4. The van der Waals surface area contributed by atoms with Crippen molar-refractivity contribution >= 4 is 27.5 Å². The van der Waals surface area contributed by atoms with E-state index in [1.807, 2.05) is 25.1 Å². The summed E-state index contributed by atoms with van der Waals surface area (Å²) in [7, 11) is 0. The predicted octanol–water partition coefficient (Wildman–Crippen LogP) is 3.42. The predicted molar refractivity (Wildman–Crippen MR) is 73.4 cm³/mol. The van der Waals surface area contributed by atoms with Gasteiger partial charge in [-0.1, -0.05) is 11.2 Å². The molecule has 5 nitrogen and oxygen atoms in total. The molecule has 0 aromatic heterocycles. The number of carbonyl (C=O) groups excluding carboxylic acids is 1. The van der Waals surface area contributed by atoms with Gasteiger partial charge in [-0.2, -0.15) is 0 Å². The molecule has 1 aliphatic heterocycles. The Hall–Kier alpha value is -1.52. The fraction of sp³-hybridized carbons (Fsp3) is 0.417. The summed E-state index contributed by atoms with van der Waals surface area (Å²) in [5, 5.41) is 3.54. The Morgan fingerprint density at radius 2 is 2.39 bits per heavy atom. The lowest BCUT2D eigenvalue weighted by Crippen LogP contribution is -2.25. The normalized spacial score (nSPS) is 18.9. The van der Waals surface area contributed by atoms with Gasteiger partial charge in [0.15, 0.2) is 0 Å². The number of benzene rings is 1. The van der Waals surface area contributed by atoms with Crippen LogP contribution in [-0.4, -0.2) is 19.0 Å². The minimum atomic E-state index is 0.0812. The minimum Gasteiger partial charge on any atom is -0.311 e. The minimum absolute atomic E-state index is 0.0812. The van der Waals surface area contributed by atoms with Crippen LogP contribution in [0.1, 0.15) is 12.0 Å². The second kappa shape index (κ2) is 5.42. The SMILES string of the molecule is Cc1ccc(N2CC(CN=[N+]=[N-])CC2=O)c(Br)c1. The van der Waals surface area contributed by atoms with Gasteiger partial charge in [0.05, 0.1) is 5.69 Å². The molecule has 1 aromatic carbocycles. The van der Waals surface area contributed by atoms with E-state index in [-0.39, 0.29) is 11.8 Å². The smallest absolute Gasteiger partial charge is 0.227 e. The van der Waals surface area contributed by atoms with Gasteiger partial charge in [-0.25, -0.2) is 0 Å². The molecule has 0 N–H and O–H groups in total. The van der Waals surface area contributed by atoms with Crippen molar-refractivity contribution in [1.29, 1.82) is 0 Å². The fourth-order valence-electron chi connectivity index (χ4n) is 2.12.